The molecule has 128 valence electrons. The van der Waals surface area contributed by atoms with Gasteiger partial charge in [0, 0.05) is 17.6 Å². The predicted octanol–water partition coefficient (Wildman–Crippen LogP) is 2.55. The van der Waals surface area contributed by atoms with Gasteiger partial charge >= 0.3 is 0 Å². The van der Waals surface area contributed by atoms with Crippen LogP contribution < -0.4 is 10.0 Å². The first kappa shape index (κ1) is 17.0. The van der Waals surface area contributed by atoms with Crippen LogP contribution in [0.2, 0.25) is 0 Å². The van der Waals surface area contributed by atoms with E-state index in [4.69, 9.17) is 0 Å². The highest BCUT2D eigenvalue weighted by atomic mass is 16.4. The Morgan fingerprint density at radius 1 is 0.880 bits per heavy atom. The number of rotatable bonds is 5. The largest absolute Gasteiger partial charge is 0.550 e. The number of allylic oxidation sites excluding steroid dienone is 2. The highest BCUT2D eigenvalue weighted by molar-refractivity contribution is 5.97. The number of carbonyl (C=O) groups is 2. The number of carboxylic acid groups (broad SMARTS) is 1. The van der Waals surface area contributed by atoms with Gasteiger partial charge in [0.15, 0.2) is 0 Å². The second-order valence-electron chi connectivity index (χ2n) is 6.22. The van der Waals surface area contributed by atoms with Crippen molar-refractivity contribution in [3.63, 3.8) is 0 Å². The van der Waals surface area contributed by atoms with E-state index in [9.17, 15) is 14.7 Å². The Morgan fingerprint density at radius 3 is 2.04 bits per heavy atom. The molecule has 25 heavy (non-hydrogen) atoms. The van der Waals surface area contributed by atoms with E-state index < -0.39 is 17.8 Å². The molecule has 4 nitrogen and oxygen atoms in total. The Hall–Kier alpha value is -2.88. The SMILES string of the molecule is O=C([O-])[C@H]1CC=CC[C@H]1C(=O)N(Cc1ccccc1)c1ccccc1. The van der Waals surface area contributed by atoms with E-state index in [1.54, 1.807) is 4.90 Å². The molecule has 0 spiro atoms. The van der Waals surface area contributed by atoms with E-state index >= 15 is 0 Å². The van der Waals surface area contributed by atoms with Crippen molar-refractivity contribution in [1.29, 1.82) is 0 Å². The number of para-hydroxylation sites is 1. The van der Waals surface area contributed by atoms with Crippen LogP contribution in [0, 0.1) is 11.8 Å². The summed E-state index contributed by atoms with van der Waals surface area (Å²) >= 11 is 0. The molecule has 0 radical (unpaired) electrons. The zero-order valence-corrected chi connectivity index (χ0v) is 13.9. The molecule has 0 heterocycles. The van der Waals surface area contributed by atoms with E-state index in [-0.39, 0.29) is 5.91 Å². The van der Waals surface area contributed by atoms with Gasteiger partial charge in [-0.05, 0) is 30.5 Å². The van der Waals surface area contributed by atoms with E-state index in [0.717, 1.165) is 11.3 Å². The Balaban J connectivity index is 1.92. The maximum Gasteiger partial charge on any atom is 0.231 e. The average Bonchev–Trinajstić information content (AvgIpc) is 2.67. The average molecular weight is 334 g/mol. The molecule has 0 saturated heterocycles. The molecular formula is C21H20NO3-. The number of nitrogens with zero attached hydrogens (tertiary/aromatic N) is 1. The second kappa shape index (κ2) is 7.79. The fraction of sp³-hybridized carbons (Fsp3) is 0.238. The van der Waals surface area contributed by atoms with Crippen LogP contribution in [0.3, 0.4) is 0 Å². The third-order valence-electron chi connectivity index (χ3n) is 4.57. The Morgan fingerprint density at radius 2 is 1.44 bits per heavy atom. The summed E-state index contributed by atoms with van der Waals surface area (Å²) in [7, 11) is 0. The summed E-state index contributed by atoms with van der Waals surface area (Å²) in [6, 6.07) is 19.1. The van der Waals surface area contributed by atoms with Crippen LogP contribution in [0.4, 0.5) is 5.69 Å². The van der Waals surface area contributed by atoms with E-state index in [1.807, 2.05) is 72.8 Å². The van der Waals surface area contributed by atoms with Crippen molar-refractivity contribution in [2.45, 2.75) is 19.4 Å². The normalized spacial score (nSPS) is 19.4. The van der Waals surface area contributed by atoms with Crippen molar-refractivity contribution in [1.82, 2.24) is 0 Å². The van der Waals surface area contributed by atoms with Gasteiger partial charge in [-0.2, -0.15) is 0 Å². The van der Waals surface area contributed by atoms with Crippen LogP contribution in [0.5, 0.6) is 0 Å². The second-order valence-corrected chi connectivity index (χ2v) is 6.22. The molecule has 2 aromatic carbocycles. The standard InChI is InChI=1S/C21H21NO3/c23-20(18-13-7-8-14-19(18)21(24)25)22(17-11-5-2-6-12-17)15-16-9-3-1-4-10-16/h1-12,18-19H,13-15H2,(H,24,25)/p-1/t18-,19+/m1/s1. The molecule has 1 amide bonds. The van der Waals surface area contributed by atoms with E-state index in [2.05, 4.69) is 0 Å². The molecule has 0 saturated carbocycles. The molecule has 0 unspecified atom stereocenters. The predicted molar refractivity (Wildman–Crippen MR) is 94.4 cm³/mol. The van der Waals surface area contributed by atoms with Crippen LogP contribution >= 0.6 is 0 Å². The van der Waals surface area contributed by atoms with Gasteiger partial charge in [-0.15, -0.1) is 0 Å². The van der Waals surface area contributed by atoms with E-state index in [1.165, 1.54) is 0 Å². The first-order chi connectivity index (χ1) is 12.2. The minimum Gasteiger partial charge on any atom is -0.550 e. The molecule has 2 atom stereocenters. The molecule has 1 aliphatic rings. The molecule has 0 aromatic heterocycles. The summed E-state index contributed by atoms with van der Waals surface area (Å²) in [4.78, 5) is 26.4. The van der Waals surface area contributed by atoms with Crippen LogP contribution in [0.25, 0.3) is 0 Å². The molecule has 0 N–H and O–H groups in total. The number of carbonyl (C=O) groups excluding carboxylic acids is 2. The van der Waals surface area contributed by atoms with Gasteiger partial charge in [-0.1, -0.05) is 60.7 Å². The molecule has 4 heteroatoms. The molecule has 0 aliphatic heterocycles. The van der Waals surface area contributed by atoms with Gasteiger partial charge < -0.3 is 14.8 Å². The van der Waals surface area contributed by atoms with Crippen molar-refractivity contribution >= 4 is 17.6 Å². The third-order valence-corrected chi connectivity index (χ3v) is 4.57. The van der Waals surface area contributed by atoms with Gasteiger partial charge in [0.2, 0.25) is 5.91 Å². The van der Waals surface area contributed by atoms with Crippen LogP contribution in [0.1, 0.15) is 18.4 Å². The van der Waals surface area contributed by atoms with Gasteiger partial charge in [0.05, 0.1) is 12.5 Å². The van der Waals surface area contributed by atoms with Crippen molar-refractivity contribution in [2.75, 3.05) is 4.90 Å². The summed E-state index contributed by atoms with van der Waals surface area (Å²) in [5.74, 6) is -2.71. The minimum absolute atomic E-state index is 0.173. The number of carboxylic acids is 1. The van der Waals surface area contributed by atoms with Crippen LogP contribution in [0.15, 0.2) is 72.8 Å². The zero-order valence-electron chi connectivity index (χ0n) is 13.9. The van der Waals surface area contributed by atoms with Gasteiger partial charge in [0.25, 0.3) is 0 Å². The lowest BCUT2D eigenvalue weighted by Gasteiger charge is -2.33. The van der Waals surface area contributed by atoms with Crippen LogP contribution in [-0.4, -0.2) is 11.9 Å². The minimum atomic E-state index is -1.16. The van der Waals surface area contributed by atoms with Crippen LogP contribution in [-0.2, 0) is 16.1 Å². The molecule has 0 bridgehead atoms. The van der Waals surface area contributed by atoms with Crippen molar-refractivity contribution in [3.8, 4) is 0 Å². The number of anilines is 1. The summed E-state index contributed by atoms with van der Waals surface area (Å²) in [5.41, 5.74) is 1.76. The summed E-state index contributed by atoms with van der Waals surface area (Å²) in [6.45, 7) is 0.406. The maximum absolute atomic E-state index is 13.2. The first-order valence-electron chi connectivity index (χ1n) is 8.43. The summed E-state index contributed by atoms with van der Waals surface area (Å²) in [6.07, 6.45) is 4.46. The molecule has 3 rings (SSSR count). The molecular weight excluding hydrogens is 314 g/mol. The van der Waals surface area contributed by atoms with Crippen molar-refractivity contribution in [2.24, 2.45) is 11.8 Å². The number of amides is 1. The van der Waals surface area contributed by atoms with E-state index in [0.29, 0.717) is 19.4 Å². The highest BCUT2D eigenvalue weighted by Crippen LogP contribution is 2.30. The number of benzene rings is 2. The zero-order chi connectivity index (χ0) is 17.6. The fourth-order valence-electron chi connectivity index (χ4n) is 3.22. The number of aliphatic carboxylic acids is 1. The van der Waals surface area contributed by atoms with Gasteiger partial charge in [0.1, 0.15) is 0 Å². The van der Waals surface area contributed by atoms with Crippen molar-refractivity contribution < 1.29 is 14.7 Å². The molecule has 0 fully saturated rings. The maximum atomic E-state index is 13.2. The molecule has 2 aromatic rings. The topological polar surface area (TPSA) is 60.4 Å². The summed E-state index contributed by atoms with van der Waals surface area (Å²) < 4.78 is 0. The third kappa shape index (κ3) is 3.97. The Bertz CT molecular complexity index is 755. The summed E-state index contributed by atoms with van der Waals surface area (Å²) in [5, 5.41) is 11.5. The smallest absolute Gasteiger partial charge is 0.231 e. The first-order valence-corrected chi connectivity index (χ1v) is 8.43. The number of hydrogen-bond donors (Lipinski definition) is 0. The lowest BCUT2D eigenvalue weighted by molar-refractivity contribution is -0.313. The molecule has 1 aliphatic carbocycles. The van der Waals surface area contributed by atoms with Gasteiger partial charge in [-0.25, -0.2) is 0 Å². The number of hydrogen-bond acceptors (Lipinski definition) is 3. The monoisotopic (exact) mass is 334 g/mol. The Kier molecular flexibility index (Phi) is 5.29. The quantitative estimate of drug-likeness (QED) is 0.790. The van der Waals surface area contributed by atoms with Gasteiger partial charge in [-0.3, -0.25) is 4.79 Å². The Labute approximate surface area is 147 Å². The van der Waals surface area contributed by atoms with Crippen molar-refractivity contribution in [3.05, 3.63) is 78.4 Å². The highest BCUT2D eigenvalue weighted by Gasteiger charge is 2.33. The fourth-order valence-corrected chi connectivity index (χ4v) is 3.22. The lowest BCUT2D eigenvalue weighted by atomic mass is 9.82. The lowest BCUT2D eigenvalue weighted by Crippen LogP contribution is -2.45.